The van der Waals surface area contributed by atoms with E-state index in [1.165, 1.54) is 11.3 Å². The van der Waals surface area contributed by atoms with E-state index >= 15 is 0 Å². The second-order valence-electron chi connectivity index (χ2n) is 12.9. The van der Waals surface area contributed by atoms with Gasteiger partial charge in [0.15, 0.2) is 0 Å². The first-order valence-electron chi connectivity index (χ1n) is 15.6. The van der Waals surface area contributed by atoms with Crippen LogP contribution in [-0.4, -0.2) is 56.5 Å². The van der Waals surface area contributed by atoms with Crippen LogP contribution in [0.3, 0.4) is 0 Å². The largest absolute Gasteiger partial charge is 0.367 e. The Morgan fingerprint density at radius 2 is 1.66 bits per heavy atom. The minimum atomic E-state index is -0.326. The number of nitrogens with zero attached hydrogens (tertiary/aromatic N) is 5. The zero-order valence-corrected chi connectivity index (χ0v) is 26.5. The molecule has 2 N–H and O–H groups in total. The number of H-pyrrole nitrogens is 1. The Bertz CT molecular complexity index is 1720. The average molecular weight is 590 g/mol. The third kappa shape index (κ3) is 6.40. The summed E-state index contributed by atoms with van der Waals surface area (Å²) < 4.78 is 1.98. The summed E-state index contributed by atoms with van der Waals surface area (Å²) in [5, 5.41) is 3.06. The predicted octanol–water partition coefficient (Wildman–Crippen LogP) is 6.23. The first-order valence-corrected chi connectivity index (χ1v) is 15.6. The molecule has 8 nitrogen and oxygen atoms in total. The number of benzene rings is 3. The summed E-state index contributed by atoms with van der Waals surface area (Å²) in [5.41, 5.74) is 7.87. The van der Waals surface area contributed by atoms with Crippen molar-refractivity contribution in [3.63, 3.8) is 0 Å². The lowest BCUT2D eigenvalue weighted by molar-refractivity contribution is -0.124. The monoisotopic (exact) mass is 589 g/mol. The zero-order chi connectivity index (χ0) is 30.8. The van der Waals surface area contributed by atoms with Gasteiger partial charge in [-0.05, 0) is 42.5 Å². The minimum Gasteiger partial charge on any atom is -0.367 e. The molecular weight excluding hydrogens is 546 g/mol. The van der Waals surface area contributed by atoms with Crippen LogP contribution in [0.4, 0.5) is 5.69 Å². The Morgan fingerprint density at radius 1 is 0.932 bits per heavy atom. The fraction of sp³-hybridized carbons (Fsp3) is 0.361. The second kappa shape index (κ2) is 12.3. The van der Waals surface area contributed by atoms with E-state index in [0.29, 0.717) is 6.54 Å². The molecule has 8 heteroatoms. The summed E-state index contributed by atoms with van der Waals surface area (Å²) in [6, 6.07) is 24.8. The minimum absolute atomic E-state index is 0.00728. The molecule has 0 radical (unpaired) electrons. The highest BCUT2D eigenvalue weighted by Gasteiger charge is 2.23. The molecule has 228 valence electrons. The number of aromatic nitrogens is 4. The number of aromatic amines is 1. The van der Waals surface area contributed by atoms with Gasteiger partial charge in [0.1, 0.15) is 23.2 Å². The third-order valence-corrected chi connectivity index (χ3v) is 8.69. The molecule has 1 amide bonds. The number of carbonyl (C=O) groups is 1. The fourth-order valence-corrected chi connectivity index (χ4v) is 5.99. The summed E-state index contributed by atoms with van der Waals surface area (Å²) in [7, 11) is 0. The van der Waals surface area contributed by atoms with Crippen molar-refractivity contribution >= 4 is 22.6 Å². The highest BCUT2D eigenvalue weighted by atomic mass is 16.2. The van der Waals surface area contributed by atoms with Gasteiger partial charge >= 0.3 is 0 Å². The van der Waals surface area contributed by atoms with Gasteiger partial charge in [0.2, 0.25) is 5.91 Å². The van der Waals surface area contributed by atoms with Crippen molar-refractivity contribution in [2.45, 2.75) is 59.2 Å². The summed E-state index contributed by atoms with van der Waals surface area (Å²) >= 11 is 0. The van der Waals surface area contributed by atoms with E-state index in [1.54, 1.807) is 0 Å². The molecule has 44 heavy (non-hydrogen) atoms. The van der Waals surface area contributed by atoms with Crippen molar-refractivity contribution in [2.75, 3.05) is 31.1 Å². The van der Waals surface area contributed by atoms with Crippen LogP contribution >= 0.6 is 0 Å². The Labute approximate surface area is 260 Å². The molecule has 1 fully saturated rings. The first-order chi connectivity index (χ1) is 21.2. The lowest BCUT2D eigenvalue weighted by Crippen LogP contribution is -2.46. The maximum absolute atomic E-state index is 12.9. The van der Waals surface area contributed by atoms with Gasteiger partial charge < -0.3 is 19.8 Å². The molecule has 1 aliphatic heterocycles. The molecule has 1 saturated heterocycles. The number of hydrogen-bond acceptors (Lipinski definition) is 5. The van der Waals surface area contributed by atoms with Gasteiger partial charge in [0, 0.05) is 51.0 Å². The van der Waals surface area contributed by atoms with Crippen molar-refractivity contribution in [3.8, 4) is 11.4 Å². The number of piperazine rings is 1. The lowest BCUT2D eigenvalue weighted by Gasteiger charge is -2.35. The van der Waals surface area contributed by atoms with Gasteiger partial charge in [-0.1, -0.05) is 81.4 Å². The molecule has 1 aliphatic rings. The van der Waals surface area contributed by atoms with E-state index in [1.807, 2.05) is 54.9 Å². The Morgan fingerprint density at radius 3 is 2.36 bits per heavy atom. The molecule has 3 aromatic carbocycles. The molecule has 3 heterocycles. The zero-order valence-electron chi connectivity index (χ0n) is 26.5. The van der Waals surface area contributed by atoms with Crippen molar-refractivity contribution in [1.29, 1.82) is 0 Å². The van der Waals surface area contributed by atoms with Gasteiger partial charge in [0.05, 0.1) is 16.9 Å². The number of hydrogen-bond donors (Lipinski definition) is 2. The summed E-state index contributed by atoms with van der Waals surface area (Å²) in [6.45, 7) is 15.6. The second-order valence-corrected chi connectivity index (χ2v) is 12.9. The van der Waals surface area contributed by atoms with Gasteiger partial charge in [-0.15, -0.1) is 0 Å². The maximum Gasteiger partial charge on any atom is 0.243 e. The predicted molar refractivity (Wildman–Crippen MR) is 178 cm³/mol. The quantitative estimate of drug-likeness (QED) is 0.224. The highest BCUT2D eigenvalue weighted by molar-refractivity contribution is 5.91. The lowest BCUT2D eigenvalue weighted by atomic mass is 9.87. The van der Waals surface area contributed by atoms with E-state index in [-0.39, 0.29) is 17.4 Å². The van der Waals surface area contributed by atoms with Crippen LogP contribution in [0, 0.1) is 6.92 Å². The molecule has 0 saturated carbocycles. The van der Waals surface area contributed by atoms with Crippen molar-refractivity contribution in [1.82, 2.24) is 29.7 Å². The van der Waals surface area contributed by atoms with Crippen LogP contribution in [0.25, 0.3) is 22.4 Å². The van der Waals surface area contributed by atoms with Gasteiger partial charge in [-0.3, -0.25) is 9.69 Å². The van der Waals surface area contributed by atoms with Crippen LogP contribution < -0.4 is 10.2 Å². The van der Waals surface area contributed by atoms with Crippen molar-refractivity contribution in [2.24, 2.45) is 0 Å². The molecule has 1 atom stereocenters. The molecule has 0 aliphatic carbocycles. The maximum atomic E-state index is 12.9. The standard InChI is InChI=1S/C36H43N7O/c1-25(35(44)37-22-27-10-7-6-8-11-27)43-24-30(38-26(43)2)23-41-18-20-42(21-19-41)32-13-9-12-31-33(32)40-34(39-31)28-14-16-29(17-15-28)36(3,4)5/h6-17,24-25H,18-23H2,1-5H3,(H,37,44)(H,39,40). The van der Waals surface area contributed by atoms with E-state index in [4.69, 9.17) is 9.97 Å². The Hall–Kier alpha value is -4.43. The van der Waals surface area contributed by atoms with E-state index in [2.05, 4.69) is 83.3 Å². The molecule has 2 aromatic heterocycles. The summed E-state index contributed by atoms with van der Waals surface area (Å²) in [4.78, 5) is 31.2. The van der Waals surface area contributed by atoms with Gasteiger partial charge in [-0.2, -0.15) is 0 Å². The molecule has 6 rings (SSSR count). The highest BCUT2D eigenvalue weighted by Crippen LogP contribution is 2.30. The van der Waals surface area contributed by atoms with Crippen LogP contribution in [0.1, 0.15) is 56.4 Å². The number of aryl methyl sites for hydroxylation is 1. The number of carbonyl (C=O) groups excluding carboxylic acids is 1. The summed E-state index contributed by atoms with van der Waals surface area (Å²) in [5.74, 6) is 1.75. The van der Waals surface area contributed by atoms with E-state index in [0.717, 1.165) is 72.2 Å². The number of para-hydroxylation sites is 1. The average Bonchev–Trinajstić information content (AvgIpc) is 3.63. The van der Waals surface area contributed by atoms with Crippen molar-refractivity contribution in [3.05, 3.63) is 102 Å². The van der Waals surface area contributed by atoms with Crippen LogP contribution in [0.2, 0.25) is 0 Å². The number of imidazole rings is 2. The fourth-order valence-electron chi connectivity index (χ4n) is 5.99. The molecular formula is C36H43N7O. The smallest absolute Gasteiger partial charge is 0.243 e. The molecule has 0 spiro atoms. The molecule has 1 unspecified atom stereocenters. The number of amides is 1. The Kier molecular flexibility index (Phi) is 8.27. The van der Waals surface area contributed by atoms with Crippen LogP contribution in [0.15, 0.2) is 79.0 Å². The normalized spacial score (nSPS) is 15.1. The molecule has 5 aromatic rings. The summed E-state index contributed by atoms with van der Waals surface area (Å²) in [6.07, 6.45) is 2.04. The Balaban J connectivity index is 1.07. The number of fused-ring (bicyclic) bond motifs is 1. The van der Waals surface area contributed by atoms with E-state index in [9.17, 15) is 4.79 Å². The van der Waals surface area contributed by atoms with Crippen LogP contribution in [-0.2, 0) is 23.3 Å². The SMILES string of the molecule is Cc1nc(CN2CCN(c3cccc4[nH]c(-c5ccc(C(C)(C)C)cc5)nc34)CC2)cn1C(C)C(=O)NCc1ccccc1. The first kappa shape index (κ1) is 29.6. The van der Waals surface area contributed by atoms with Gasteiger partial charge in [-0.25, -0.2) is 9.97 Å². The number of rotatable bonds is 8. The molecule has 0 bridgehead atoms. The number of anilines is 1. The topological polar surface area (TPSA) is 82.1 Å². The van der Waals surface area contributed by atoms with E-state index < -0.39 is 0 Å². The van der Waals surface area contributed by atoms with Crippen LogP contribution in [0.5, 0.6) is 0 Å². The van der Waals surface area contributed by atoms with Crippen molar-refractivity contribution < 1.29 is 4.79 Å². The number of nitrogens with one attached hydrogen (secondary N) is 2. The van der Waals surface area contributed by atoms with Gasteiger partial charge in [0.25, 0.3) is 0 Å². The third-order valence-electron chi connectivity index (χ3n) is 8.69.